The zero-order chi connectivity index (χ0) is 20.2. The minimum Gasteiger partial charge on any atom is -0.493 e. The Morgan fingerprint density at radius 2 is 2.07 bits per heavy atom. The SMILES string of the molecule is COc1cc(Br)c2c3c1O[C@H]1C[C@H](O)C=C[C@@]31CCN(Cc1ccc(Br)cc1)C2. The lowest BCUT2D eigenvalue weighted by Crippen LogP contribution is -2.43. The third-order valence-corrected chi connectivity index (χ3v) is 7.67. The van der Waals surface area contributed by atoms with E-state index in [1.807, 2.05) is 12.1 Å². The molecule has 0 radical (unpaired) electrons. The molecule has 0 aromatic heterocycles. The third-order valence-electron chi connectivity index (χ3n) is 6.43. The highest BCUT2D eigenvalue weighted by Gasteiger charge is 2.53. The summed E-state index contributed by atoms with van der Waals surface area (Å²) < 4.78 is 14.2. The fourth-order valence-corrected chi connectivity index (χ4v) is 5.80. The highest BCUT2D eigenvalue weighted by Crippen LogP contribution is 2.57. The molecule has 0 saturated carbocycles. The number of hydrogen-bond donors (Lipinski definition) is 1. The van der Waals surface area contributed by atoms with Crippen LogP contribution in [0.3, 0.4) is 0 Å². The van der Waals surface area contributed by atoms with E-state index in [1.165, 1.54) is 16.7 Å². The van der Waals surface area contributed by atoms with Crippen molar-refractivity contribution in [1.82, 2.24) is 4.90 Å². The topological polar surface area (TPSA) is 41.9 Å². The second-order valence-corrected chi connectivity index (χ2v) is 9.91. The molecule has 0 fully saturated rings. The molecule has 152 valence electrons. The molecule has 4 nitrogen and oxygen atoms in total. The van der Waals surface area contributed by atoms with Crippen LogP contribution in [0.5, 0.6) is 11.5 Å². The smallest absolute Gasteiger partial charge is 0.166 e. The molecule has 3 atom stereocenters. The molecule has 2 aliphatic heterocycles. The van der Waals surface area contributed by atoms with Crippen LogP contribution in [0.2, 0.25) is 0 Å². The summed E-state index contributed by atoms with van der Waals surface area (Å²) in [6.07, 6.45) is 5.17. The van der Waals surface area contributed by atoms with Gasteiger partial charge < -0.3 is 14.6 Å². The molecule has 1 aliphatic carbocycles. The number of nitrogens with zero attached hydrogens (tertiary/aromatic N) is 1. The van der Waals surface area contributed by atoms with Gasteiger partial charge in [0.05, 0.1) is 18.6 Å². The van der Waals surface area contributed by atoms with Gasteiger partial charge in [0, 0.05) is 40.6 Å². The summed E-state index contributed by atoms with van der Waals surface area (Å²) in [6.45, 7) is 2.70. The number of benzene rings is 2. The van der Waals surface area contributed by atoms with E-state index in [9.17, 15) is 5.11 Å². The largest absolute Gasteiger partial charge is 0.493 e. The van der Waals surface area contributed by atoms with Gasteiger partial charge in [0.25, 0.3) is 0 Å². The molecule has 5 rings (SSSR count). The average Bonchev–Trinajstić information content (AvgIpc) is 2.94. The summed E-state index contributed by atoms with van der Waals surface area (Å²) >= 11 is 7.32. The summed E-state index contributed by atoms with van der Waals surface area (Å²) in [6, 6.07) is 10.6. The van der Waals surface area contributed by atoms with Crippen LogP contribution >= 0.6 is 31.9 Å². The van der Waals surface area contributed by atoms with Gasteiger partial charge in [-0.05, 0) is 35.7 Å². The first-order valence-electron chi connectivity index (χ1n) is 9.91. The van der Waals surface area contributed by atoms with Gasteiger partial charge in [-0.3, -0.25) is 4.90 Å². The van der Waals surface area contributed by atoms with E-state index in [1.54, 1.807) is 7.11 Å². The van der Waals surface area contributed by atoms with Gasteiger partial charge in [-0.2, -0.15) is 0 Å². The van der Waals surface area contributed by atoms with Gasteiger partial charge in [-0.1, -0.05) is 56.1 Å². The van der Waals surface area contributed by atoms with Crippen molar-refractivity contribution >= 4 is 31.9 Å². The summed E-state index contributed by atoms with van der Waals surface area (Å²) in [5.74, 6) is 1.61. The van der Waals surface area contributed by atoms with Gasteiger partial charge in [0.2, 0.25) is 0 Å². The van der Waals surface area contributed by atoms with Crippen LogP contribution in [0.4, 0.5) is 0 Å². The number of rotatable bonds is 3. The number of halogens is 2. The molecular formula is C23H23Br2NO3. The van der Waals surface area contributed by atoms with Crippen LogP contribution < -0.4 is 9.47 Å². The normalized spacial score (nSPS) is 27.7. The second-order valence-electron chi connectivity index (χ2n) is 8.14. The van der Waals surface area contributed by atoms with Crippen molar-refractivity contribution in [3.63, 3.8) is 0 Å². The standard InChI is InChI=1S/C23H23Br2NO3/c1-28-19-11-18(25)17-13-26(12-14-2-4-15(24)5-3-14)9-8-23-7-6-16(27)10-20(23)29-22(19)21(17)23/h2-7,11,16,20,27H,8-10,12-13H2,1H3/t16-,20+,23+/m1/s1. The Kier molecular flexibility index (Phi) is 5.01. The monoisotopic (exact) mass is 519 g/mol. The van der Waals surface area contributed by atoms with Crippen molar-refractivity contribution in [3.8, 4) is 11.5 Å². The lowest BCUT2D eigenvalue weighted by atomic mass is 9.69. The van der Waals surface area contributed by atoms with E-state index >= 15 is 0 Å². The number of ether oxygens (including phenoxy) is 2. The maximum atomic E-state index is 10.2. The predicted molar refractivity (Wildman–Crippen MR) is 119 cm³/mol. The lowest BCUT2D eigenvalue weighted by molar-refractivity contribution is 0.0806. The van der Waals surface area contributed by atoms with Crippen LogP contribution in [0, 0.1) is 0 Å². The maximum absolute atomic E-state index is 10.2. The summed E-state index contributed by atoms with van der Waals surface area (Å²) in [7, 11) is 1.68. The van der Waals surface area contributed by atoms with Crippen LogP contribution in [-0.2, 0) is 18.5 Å². The Bertz CT molecular complexity index is 975. The molecule has 2 heterocycles. The molecule has 3 aliphatic rings. The molecule has 2 aromatic carbocycles. The maximum Gasteiger partial charge on any atom is 0.166 e. The van der Waals surface area contributed by atoms with E-state index in [-0.39, 0.29) is 11.5 Å². The average molecular weight is 521 g/mol. The van der Waals surface area contributed by atoms with Crippen LogP contribution in [0.15, 0.2) is 51.4 Å². The Labute approximate surface area is 187 Å². The number of aliphatic hydroxyl groups is 1. The summed E-state index contributed by atoms with van der Waals surface area (Å²) in [5, 5.41) is 10.2. The van der Waals surface area contributed by atoms with E-state index in [2.05, 4.69) is 67.1 Å². The molecule has 1 spiro atoms. The first-order chi connectivity index (χ1) is 14.0. The van der Waals surface area contributed by atoms with Gasteiger partial charge in [-0.15, -0.1) is 0 Å². The van der Waals surface area contributed by atoms with Gasteiger partial charge in [0.15, 0.2) is 11.5 Å². The van der Waals surface area contributed by atoms with Crippen molar-refractivity contribution in [3.05, 3.63) is 68.1 Å². The quantitative estimate of drug-likeness (QED) is 0.582. The Balaban J connectivity index is 1.58. The Hall–Kier alpha value is -1.34. The first kappa shape index (κ1) is 19.6. The molecule has 29 heavy (non-hydrogen) atoms. The number of hydrogen-bond acceptors (Lipinski definition) is 4. The van der Waals surface area contributed by atoms with Gasteiger partial charge in [-0.25, -0.2) is 0 Å². The van der Waals surface area contributed by atoms with Crippen LogP contribution in [0.1, 0.15) is 29.5 Å². The number of aliphatic hydroxyl groups excluding tert-OH is 1. The third kappa shape index (κ3) is 3.25. The fraction of sp³-hybridized carbons (Fsp3) is 0.391. The van der Waals surface area contributed by atoms with Crippen molar-refractivity contribution in [2.75, 3.05) is 13.7 Å². The highest BCUT2D eigenvalue weighted by molar-refractivity contribution is 9.10. The number of methoxy groups -OCH3 is 1. The van der Waals surface area contributed by atoms with E-state index in [0.717, 1.165) is 46.5 Å². The van der Waals surface area contributed by atoms with E-state index in [4.69, 9.17) is 9.47 Å². The molecule has 0 amide bonds. The molecule has 0 saturated heterocycles. The van der Waals surface area contributed by atoms with Gasteiger partial charge in [0.1, 0.15) is 6.10 Å². The van der Waals surface area contributed by atoms with Crippen LogP contribution in [-0.4, -0.2) is 35.9 Å². The highest BCUT2D eigenvalue weighted by atomic mass is 79.9. The predicted octanol–water partition coefficient (Wildman–Crippen LogP) is 4.95. The second kappa shape index (κ2) is 7.41. The van der Waals surface area contributed by atoms with Crippen molar-refractivity contribution in [2.45, 2.75) is 43.6 Å². The van der Waals surface area contributed by atoms with Gasteiger partial charge >= 0.3 is 0 Å². The van der Waals surface area contributed by atoms with Crippen molar-refractivity contribution in [1.29, 1.82) is 0 Å². The fourth-order valence-electron chi connectivity index (χ4n) is 5.00. The molecule has 1 N–H and O–H groups in total. The minimum atomic E-state index is -0.458. The summed E-state index contributed by atoms with van der Waals surface area (Å²) in [5.41, 5.74) is 3.58. The minimum absolute atomic E-state index is 0.0629. The summed E-state index contributed by atoms with van der Waals surface area (Å²) in [4.78, 5) is 2.50. The zero-order valence-electron chi connectivity index (χ0n) is 16.2. The zero-order valence-corrected chi connectivity index (χ0v) is 19.4. The first-order valence-corrected chi connectivity index (χ1v) is 11.5. The molecule has 2 aromatic rings. The molecule has 0 bridgehead atoms. The Morgan fingerprint density at radius 3 is 2.83 bits per heavy atom. The molecular weight excluding hydrogens is 498 g/mol. The van der Waals surface area contributed by atoms with E-state index < -0.39 is 6.10 Å². The van der Waals surface area contributed by atoms with Crippen molar-refractivity contribution < 1.29 is 14.6 Å². The van der Waals surface area contributed by atoms with E-state index in [0.29, 0.717) is 6.42 Å². The van der Waals surface area contributed by atoms with Crippen molar-refractivity contribution in [2.24, 2.45) is 0 Å². The Morgan fingerprint density at radius 1 is 1.28 bits per heavy atom. The molecule has 6 heteroatoms. The molecule has 0 unspecified atom stereocenters. The van der Waals surface area contributed by atoms with Crippen LogP contribution in [0.25, 0.3) is 0 Å². The lowest BCUT2D eigenvalue weighted by Gasteiger charge is -2.36.